The van der Waals surface area contributed by atoms with E-state index in [-0.39, 0.29) is 18.0 Å². The Labute approximate surface area is 196 Å². The van der Waals surface area contributed by atoms with Crippen LogP contribution >= 0.6 is 0 Å². The smallest absolute Gasteiger partial charge is 0.255 e. The van der Waals surface area contributed by atoms with Gasteiger partial charge in [0.2, 0.25) is 0 Å². The summed E-state index contributed by atoms with van der Waals surface area (Å²) in [5.74, 6) is -0.236. The van der Waals surface area contributed by atoms with Crippen molar-refractivity contribution in [1.82, 2.24) is 15.1 Å². The first-order valence-electron chi connectivity index (χ1n) is 10.6. The van der Waals surface area contributed by atoms with Crippen molar-refractivity contribution in [3.05, 3.63) is 95.9 Å². The van der Waals surface area contributed by atoms with Crippen molar-refractivity contribution in [3.8, 4) is 28.8 Å². The lowest BCUT2D eigenvalue weighted by atomic mass is 10.1. The van der Waals surface area contributed by atoms with Crippen molar-refractivity contribution < 1.29 is 13.9 Å². The zero-order chi connectivity index (χ0) is 23.9. The van der Waals surface area contributed by atoms with E-state index in [2.05, 4.69) is 15.7 Å². The molecule has 8 heteroatoms. The normalized spacial score (nSPS) is 10.4. The molecule has 3 aromatic carbocycles. The number of carbonyl (C=O) groups excluding carboxylic acids is 1. The predicted octanol–water partition coefficient (Wildman–Crippen LogP) is 4.40. The second kappa shape index (κ2) is 10.3. The average molecular weight is 455 g/mol. The van der Waals surface area contributed by atoms with Gasteiger partial charge in [0, 0.05) is 24.8 Å². The molecule has 170 valence electrons. The lowest BCUT2D eigenvalue weighted by Gasteiger charge is -2.10. The van der Waals surface area contributed by atoms with Gasteiger partial charge in [0.05, 0.1) is 24.0 Å². The van der Waals surface area contributed by atoms with Gasteiger partial charge in [-0.25, -0.2) is 9.07 Å². The van der Waals surface area contributed by atoms with Crippen molar-refractivity contribution in [3.63, 3.8) is 0 Å². The first kappa shape index (κ1) is 22.6. The Kier molecular flexibility index (Phi) is 6.84. The van der Waals surface area contributed by atoms with E-state index in [1.165, 1.54) is 12.1 Å². The second-order valence-electron chi connectivity index (χ2n) is 7.36. The molecule has 1 aromatic heterocycles. The summed E-state index contributed by atoms with van der Waals surface area (Å²) in [5.41, 5.74) is 2.81. The molecule has 1 heterocycles. The lowest BCUT2D eigenvalue weighted by molar-refractivity contribution is 0.0956. The molecule has 0 aliphatic carbocycles. The lowest BCUT2D eigenvalue weighted by Crippen LogP contribution is -2.29. The number of nitrogens with zero attached hydrogens (tertiary/aromatic N) is 3. The number of methoxy groups -OCH3 is 1. The van der Waals surface area contributed by atoms with Crippen LogP contribution in [-0.4, -0.2) is 35.9 Å². The number of anilines is 1. The van der Waals surface area contributed by atoms with Crippen molar-refractivity contribution in [2.45, 2.75) is 0 Å². The summed E-state index contributed by atoms with van der Waals surface area (Å²) < 4.78 is 20.7. The summed E-state index contributed by atoms with van der Waals surface area (Å²) in [4.78, 5) is 13.1. The van der Waals surface area contributed by atoms with Gasteiger partial charge in [-0.15, -0.1) is 0 Å². The maximum absolute atomic E-state index is 13.8. The molecule has 0 aliphatic heterocycles. The fraction of sp³-hybridized carbons (Fsp3) is 0.115. The third kappa shape index (κ3) is 4.89. The summed E-state index contributed by atoms with van der Waals surface area (Å²) in [7, 11) is 1.58. The summed E-state index contributed by atoms with van der Waals surface area (Å²) >= 11 is 0. The zero-order valence-corrected chi connectivity index (χ0v) is 18.5. The van der Waals surface area contributed by atoms with Gasteiger partial charge in [0.15, 0.2) is 0 Å². The first-order valence-corrected chi connectivity index (χ1v) is 10.6. The SMILES string of the molecule is COc1cccc(-c2nn(-c3ccccc3)cc2C(=O)NCCNc2cccc(F)c2C#N)c1. The number of ether oxygens (including phenoxy) is 1. The van der Waals surface area contributed by atoms with Crippen molar-refractivity contribution in [2.75, 3.05) is 25.5 Å². The molecule has 2 N–H and O–H groups in total. The van der Waals surface area contributed by atoms with E-state index < -0.39 is 5.82 Å². The van der Waals surface area contributed by atoms with Crippen LogP contribution in [0.2, 0.25) is 0 Å². The van der Waals surface area contributed by atoms with Crippen LogP contribution in [0.15, 0.2) is 79.0 Å². The minimum Gasteiger partial charge on any atom is -0.497 e. The summed E-state index contributed by atoms with van der Waals surface area (Å²) in [6.45, 7) is 0.569. The Morgan fingerprint density at radius 1 is 1.09 bits per heavy atom. The van der Waals surface area contributed by atoms with Gasteiger partial charge in [-0.05, 0) is 36.4 Å². The number of amides is 1. The van der Waals surface area contributed by atoms with Gasteiger partial charge in [-0.2, -0.15) is 10.4 Å². The van der Waals surface area contributed by atoms with Gasteiger partial charge < -0.3 is 15.4 Å². The van der Waals surface area contributed by atoms with Crippen LogP contribution < -0.4 is 15.4 Å². The minimum absolute atomic E-state index is 0.0572. The number of hydrogen-bond donors (Lipinski definition) is 2. The Hall–Kier alpha value is -4.64. The molecule has 0 spiro atoms. The van der Waals surface area contributed by atoms with Crippen molar-refractivity contribution in [2.24, 2.45) is 0 Å². The van der Waals surface area contributed by atoms with E-state index >= 15 is 0 Å². The van der Waals surface area contributed by atoms with Crippen LogP contribution in [-0.2, 0) is 0 Å². The number of benzene rings is 3. The van der Waals surface area contributed by atoms with Gasteiger partial charge >= 0.3 is 0 Å². The van der Waals surface area contributed by atoms with Crippen LogP contribution in [0.4, 0.5) is 10.1 Å². The highest BCUT2D eigenvalue weighted by atomic mass is 19.1. The molecule has 7 nitrogen and oxygen atoms in total. The predicted molar refractivity (Wildman–Crippen MR) is 127 cm³/mol. The Balaban J connectivity index is 1.54. The highest BCUT2D eigenvalue weighted by Crippen LogP contribution is 2.27. The molecular formula is C26H22FN5O2. The molecule has 0 saturated heterocycles. The van der Waals surface area contributed by atoms with Gasteiger partial charge in [0.25, 0.3) is 5.91 Å². The topological polar surface area (TPSA) is 92.0 Å². The summed E-state index contributed by atoms with van der Waals surface area (Å²) in [5, 5.41) is 19.7. The molecule has 4 rings (SSSR count). The maximum Gasteiger partial charge on any atom is 0.255 e. The van der Waals surface area contributed by atoms with E-state index in [0.717, 1.165) is 11.3 Å². The number of nitrogens with one attached hydrogen (secondary N) is 2. The van der Waals surface area contributed by atoms with Crippen LogP contribution in [0.1, 0.15) is 15.9 Å². The minimum atomic E-state index is -0.590. The van der Waals surface area contributed by atoms with E-state index in [1.54, 1.807) is 24.1 Å². The van der Waals surface area contributed by atoms with Crippen LogP contribution in [0.25, 0.3) is 16.9 Å². The van der Waals surface area contributed by atoms with Crippen LogP contribution in [0, 0.1) is 17.1 Å². The van der Waals surface area contributed by atoms with E-state index in [0.29, 0.717) is 29.2 Å². The quantitative estimate of drug-likeness (QED) is 0.384. The highest BCUT2D eigenvalue weighted by Gasteiger charge is 2.19. The molecule has 0 atom stereocenters. The maximum atomic E-state index is 13.8. The number of para-hydroxylation sites is 1. The molecule has 0 saturated carbocycles. The third-order valence-electron chi connectivity index (χ3n) is 5.17. The number of rotatable bonds is 8. The molecule has 34 heavy (non-hydrogen) atoms. The molecular weight excluding hydrogens is 433 g/mol. The molecule has 0 fully saturated rings. The monoisotopic (exact) mass is 455 g/mol. The zero-order valence-electron chi connectivity index (χ0n) is 18.5. The second-order valence-corrected chi connectivity index (χ2v) is 7.36. The fourth-order valence-electron chi connectivity index (χ4n) is 3.49. The summed E-state index contributed by atoms with van der Waals surface area (Å²) in [6, 6.07) is 23.1. The van der Waals surface area contributed by atoms with Gasteiger partial charge in [0.1, 0.15) is 28.9 Å². The molecule has 0 aliphatic rings. The van der Waals surface area contributed by atoms with Gasteiger partial charge in [-0.1, -0.05) is 36.4 Å². The Bertz CT molecular complexity index is 1350. The Morgan fingerprint density at radius 3 is 2.65 bits per heavy atom. The third-order valence-corrected chi connectivity index (χ3v) is 5.17. The van der Waals surface area contributed by atoms with E-state index in [1.807, 2.05) is 60.7 Å². The fourth-order valence-corrected chi connectivity index (χ4v) is 3.49. The molecule has 0 unspecified atom stereocenters. The highest BCUT2D eigenvalue weighted by molar-refractivity contribution is 6.00. The number of aromatic nitrogens is 2. The van der Waals surface area contributed by atoms with Crippen molar-refractivity contribution >= 4 is 11.6 Å². The molecule has 1 amide bonds. The van der Waals surface area contributed by atoms with Crippen molar-refractivity contribution in [1.29, 1.82) is 5.26 Å². The molecule has 0 bridgehead atoms. The Morgan fingerprint density at radius 2 is 1.88 bits per heavy atom. The van der Waals surface area contributed by atoms with E-state index in [9.17, 15) is 9.18 Å². The number of carbonyl (C=O) groups is 1. The van der Waals surface area contributed by atoms with E-state index in [4.69, 9.17) is 10.00 Å². The van der Waals surface area contributed by atoms with Gasteiger partial charge in [-0.3, -0.25) is 4.79 Å². The van der Waals surface area contributed by atoms with Crippen LogP contribution in [0.3, 0.4) is 0 Å². The standard InChI is InChI=1S/C26H22FN5O2/c1-34-20-10-5-7-18(15-20)25-22(17-32(31-25)19-8-3-2-4-9-19)26(33)30-14-13-29-24-12-6-11-23(27)21(24)16-28/h2-12,15,17,29H,13-14H2,1H3,(H,30,33). The number of hydrogen-bond acceptors (Lipinski definition) is 5. The summed E-state index contributed by atoms with van der Waals surface area (Å²) in [6.07, 6.45) is 1.69. The number of nitriles is 1. The van der Waals surface area contributed by atoms with Crippen LogP contribution in [0.5, 0.6) is 5.75 Å². The largest absolute Gasteiger partial charge is 0.497 e. The first-order chi connectivity index (χ1) is 16.6. The molecule has 4 aromatic rings. The number of halogens is 1. The average Bonchev–Trinajstić information content (AvgIpc) is 3.33. The molecule has 0 radical (unpaired) electrons.